The summed E-state index contributed by atoms with van der Waals surface area (Å²) in [6, 6.07) is 8.51. The lowest BCUT2D eigenvalue weighted by molar-refractivity contribution is 0.119. The second kappa shape index (κ2) is 10.7. The lowest BCUT2D eigenvalue weighted by Gasteiger charge is -2.21. The zero-order chi connectivity index (χ0) is 17.5. The van der Waals surface area contributed by atoms with Crippen LogP contribution in [0.4, 0.5) is 0 Å². The number of ether oxygens (including phenoxy) is 1. The summed E-state index contributed by atoms with van der Waals surface area (Å²) in [4.78, 5) is 11.1. The van der Waals surface area contributed by atoms with E-state index in [0.29, 0.717) is 6.54 Å². The molecule has 2 rings (SSSR count). The standard InChI is InChI=1S/C18H26N4OS.HI/c1-13-6-8-15(9-7-13)10-20-18(19-3)22(4)11-16-12-24-17(21-16)14(2)23-5;/h6-9,12,14H,10-11H2,1-5H3,(H,19,20);1H. The van der Waals surface area contributed by atoms with Gasteiger partial charge in [-0.2, -0.15) is 0 Å². The lowest BCUT2D eigenvalue weighted by atomic mass is 10.1. The van der Waals surface area contributed by atoms with Gasteiger partial charge < -0.3 is 15.0 Å². The molecular weight excluding hydrogens is 447 g/mol. The topological polar surface area (TPSA) is 49.8 Å². The van der Waals surface area contributed by atoms with Gasteiger partial charge in [0.2, 0.25) is 0 Å². The maximum atomic E-state index is 5.32. The Balaban J connectivity index is 0.00000312. The monoisotopic (exact) mass is 474 g/mol. The summed E-state index contributed by atoms with van der Waals surface area (Å²) < 4.78 is 5.32. The van der Waals surface area contributed by atoms with Crippen molar-refractivity contribution in [2.24, 2.45) is 4.99 Å². The van der Waals surface area contributed by atoms with Crippen LogP contribution in [-0.4, -0.2) is 37.0 Å². The molecule has 0 fully saturated rings. The highest BCUT2D eigenvalue weighted by molar-refractivity contribution is 14.0. The van der Waals surface area contributed by atoms with E-state index in [0.717, 1.165) is 23.2 Å². The maximum absolute atomic E-state index is 5.32. The van der Waals surface area contributed by atoms with Gasteiger partial charge in [0.1, 0.15) is 11.1 Å². The molecule has 0 bridgehead atoms. The number of nitrogens with one attached hydrogen (secondary N) is 1. The van der Waals surface area contributed by atoms with Crippen molar-refractivity contribution in [1.82, 2.24) is 15.2 Å². The second-order valence-corrected chi connectivity index (χ2v) is 6.69. The molecule has 1 atom stereocenters. The third-order valence-corrected chi connectivity index (χ3v) is 4.87. The highest BCUT2D eigenvalue weighted by atomic mass is 127. The SMILES string of the molecule is CN=C(NCc1ccc(C)cc1)N(C)Cc1csc(C(C)OC)n1.I. The van der Waals surface area contributed by atoms with Crippen LogP contribution in [0.2, 0.25) is 0 Å². The molecule has 0 amide bonds. The summed E-state index contributed by atoms with van der Waals surface area (Å²) in [6.45, 7) is 5.56. The fraction of sp³-hybridized carbons (Fsp3) is 0.444. The van der Waals surface area contributed by atoms with Gasteiger partial charge in [-0.05, 0) is 19.4 Å². The molecule has 2 aromatic rings. The van der Waals surface area contributed by atoms with E-state index < -0.39 is 0 Å². The molecule has 0 spiro atoms. The Morgan fingerprint density at radius 3 is 2.64 bits per heavy atom. The molecular formula is C18H27IN4OS. The molecule has 1 aromatic carbocycles. The molecule has 138 valence electrons. The molecule has 1 N–H and O–H groups in total. The minimum atomic E-state index is 0. The van der Waals surface area contributed by atoms with Crippen LogP contribution in [0.15, 0.2) is 34.6 Å². The number of halogens is 1. The van der Waals surface area contributed by atoms with Crippen LogP contribution < -0.4 is 5.32 Å². The molecule has 1 heterocycles. The maximum Gasteiger partial charge on any atom is 0.194 e. The summed E-state index contributed by atoms with van der Waals surface area (Å²) >= 11 is 1.63. The Morgan fingerprint density at radius 1 is 1.36 bits per heavy atom. The molecule has 0 aliphatic heterocycles. The van der Waals surface area contributed by atoms with E-state index in [1.54, 1.807) is 25.5 Å². The molecule has 1 aromatic heterocycles. The van der Waals surface area contributed by atoms with E-state index in [-0.39, 0.29) is 30.1 Å². The number of hydrogen-bond donors (Lipinski definition) is 1. The quantitative estimate of drug-likeness (QED) is 0.391. The number of aliphatic imine (C=N–C) groups is 1. The normalized spacial score (nSPS) is 12.4. The van der Waals surface area contributed by atoms with Gasteiger partial charge in [-0.1, -0.05) is 29.8 Å². The summed E-state index contributed by atoms with van der Waals surface area (Å²) in [5.41, 5.74) is 3.53. The number of aromatic nitrogens is 1. The Kier molecular flexibility index (Phi) is 9.37. The van der Waals surface area contributed by atoms with Crippen LogP contribution in [0.5, 0.6) is 0 Å². The van der Waals surface area contributed by atoms with Crippen molar-refractivity contribution in [2.75, 3.05) is 21.2 Å². The highest BCUT2D eigenvalue weighted by Crippen LogP contribution is 2.20. The zero-order valence-electron chi connectivity index (χ0n) is 15.4. The largest absolute Gasteiger partial charge is 0.375 e. The van der Waals surface area contributed by atoms with E-state index in [9.17, 15) is 0 Å². The highest BCUT2D eigenvalue weighted by Gasteiger charge is 2.12. The third-order valence-electron chi connectivity index (χ3n) is 3.81. The van der Waals surface area contributed by atoms with Crippen LogP contribution in [-0.2, 0) is 17.8 Å². The lowest BCUT2D eigenvalue weighted by Crippen LogP contribution is -2.38. The fourth-order valence-corrected chi connectivity index (χ4v) is 3.11. The van der Waals surface area contributed by atoms with Crippen molar-refractivity contribution in [3.8, 4) is 0 Å². The minimum absolute atomic E-state index is 0. The van der Waals surface area contributed by atoms with Gasteiger partial charge in [0, 0.05) is 33.1 Å². The Bertz CT molecular complexity index is 672. The van der Waals surface area contributed by atoms with Crippen LogP contribution in [0, 0.1) is 6.92 Å². The van der Waals surface area contributed by atoms with E-state index in [2.05, 4.69) is 56.8 Å². The number of aryl methyl sites for hydroxylation is 1. The van der Waals surface area contributed by atoms with Gasteiger partial charge in [-0.3, -0.25) is 4.99 Å². The molecule has 0 radical (unpaired) electrons. The number of nitrogens with zero attached hydrogens (tertiary/aromatic N) is 3. The Hall–Kier alpha value is -1.19. The van der Waals surface area contributed by atoms with E-state index in [1.807, 2.05) is 14.0 Å². The molecule has 1 unspecified atom stereocenters. The van der Waals surface area contributed by atoms with Crippen LogP contribution >= 0.6 is 35.3 Å². The van der Waals surface area contributed by atoms with Crippen molar-refractivity contribution < 1.29 is 4.74 Å². The van der Waals surface area contributed by atoms with Crippen LogP contribution in [0.3, 0.4) is 0 Å². The van der Waals surface area contributed by atoms with Gasteiger partial charge in [0.15, 0.2) is 5.96 Å². The number of benzene rings is 1. The number of thiazole rings is 1. The zero-order valence-corrected chi connectivity index (χ0v) is 18.6. The Morgan fingerprint density at radius 2 is 2.04 bits per heavy atom. The first-order valence-electron chi connectivity index (χ1n) is 7.98. The average Bonchev–Trinajstić information content (AvgIpc) is 3.04. The molecule has 7 heteroatoms. The predicted octanol–water partition coefficient (Wildman–Crippen LogP) is 3.98. The van der Waals surface area contributed by atoms with Crippen molar-refractivity contribution in [2.45, 2.75) is 33.0 Å². The molecule has 0 aliphatic carbocycles. The molecule has 0 saturated carbocycles. The van der Waals surface area contributed by atoms with Crippen molar-refractivity contribution in [3.05, 3.63) is 51.5 Å². The van der Waals surface area contributed by atoms with Gasteiger partial charge in [0.05, 0.1) is 12.2 Å². The Labute approximate surface area is 171 Å². The van der Waals surface area contributed by atoms with Crippen LogP contribution in [0.25, 0.3) is 0 Å². The summed E-state index contributed by atoms with van der Waals surface area (Å²) in [6.07, 6.45) is 0.0352. The minimum Gasteiger partial charge on any atom is -0.375 e. The summed E-state index contributed by atoms with van der Waals surface area (Å²) in [5.74, 6) is 0.852. The van der Waals surface area contributed by atoms with Crippen molar-refractivity contribution >= 4 is 41.3 Å². The number of hydrogen-bond acceptors (Lipinski definition) is 4. The summed E-state index contributed by atoms with van der Waals surface area (Å²) in [5, 5.41) is 6.47. The first-order valence-corrected chi connectivity index (χ1v) is 8.86. The number of rotatable bonds is 6. The predicted molar refractivity (Wildman–Crippen MR) is 116 cm³/mol. The van der Waals surface area contributed by atoms with Gasteiger partial charge in [0.25, 0.3) is 0 Å². The summed E-state index contributed by atoms with van der Waals surface area (Å²) in [7, 11) is 5.52. The van der Waals surface area contributed by atoms with Crippen molar-refractivity contribution in [3.63, 3.8) is 0 Å². The number of guanidine groups is 1. The fourth-order valence-electron chi connectivity index (χ4n) is 2.27. The van der Waals surface area contributed by atoms with E-state index >= 15 is 0 Å². The smallest absolute Gasteiger partial charge is 0.194 e. The van der Waals surface area contributed by atoms with E-state index in [4.69, 9.17) is 4.74 Å². The molecule has 5 nitrogen and oxygen atoms in total. The average molecular weight is 474 g/mol. The first kappa shape index (κ1) is 21.9. The molecule has 25 heavy (non-hydrogen) atoms. The van der Waals surface area contributed by atoms with Gasteiger partial charge in [-0.15, -0.1) is 35.3 Å². The van der Waals surface area contributed by atoms with E-state index in [1.165, 1.54) is 11.1 Å². The van der Waals surface area contributed by atoms with Crippen LogP contribution in [0.1, 0.15) is 34.9 Å². The van der Waals surface area contributed by atoms with Crippen molar-refractivity contribution in [1.29, 1.82) is 0 Å². The third kappa shape index (κ3) is 6.56. The van der Waals surface area contributed by atoms with Gasteiger partial charge >= 0.3 is 0 Å². The second-order valence-electron chi connectivity index (χ2n) is 5.80. The molecule has 0 saturated heterocycles. The number of methoxy groups -OCH3 is 1. The first-order chi connectivity index (χ1) is 11.5. The molecule has 0 aliphatic rings. The van der Waals surface area contributed by atoms with Gasteiger partial charge in [-0.25, -0.2) is 4.98 Å².